The highest BCUT2D eigenvalue weighted by atomic mass is 79.9. The van der Waals surface area contributed by atoms with E-state index in [2.05, 4.69) is 26.2 Å². The normalized spacial score (nSPS) is 17.6. The Morgan fingerprint density at radius 2 is 2.39 bits per heavy atom. The number of nitrogens with one attached hydrogen (secondary N) is 1. The van der Waals surface area contributed by atoms with E-state index in [1.807, 2.05) is 0 Å². The Bertz CT molecular complexity index is 492. The number of carbonyl (C=O) groups excluding carboxylic acids is 1. The van der Waals surface area contributed by atoms with Crippen LogP contribution in [0.5, 0.6) is 5.75 Å². The van der Waals surface area contributed by atoms with Crippen molar-refractivity contribution in [3.8, 4) is 5.75 Å². The van der Waals surface area contributed by atoms with Gasteiger partial charge < -0.3 is 15.2 Å². The van der Waals surface area contributed by atoms with E-state index in [-0.39, 0.29) is 12.3 Å². The van der Waals surface area contributed by atoms with Crippen molar-refractivity contribution in [2.75, 3.05) is 5.32 Å². The van der Waals surface area contributed by atoms with Gasteiger partial charge in [0.05, 0.1) is 0 Å². The van der Waals surface area contributed by atoms with Gasteiger partial charge in [-0.25, -0.2) is 4.98 Å². The first-order chi connectivity index (χ1) is 8.56. The van der Waals surface area contributed by atoms with Gasteiger partial charge in [-0.3, -0.25) is 9.59 Å². The number of ether oxygens (including phenoxy) is 1. The fraction of sp³-hybridized carbons (Fsp3) is 0.364. The average Bonchev–Trinajstić information content (AvgIpc) is 2.30. The molecule has 1 aliphatic rings. The summed E-state index contributed by atoms with van der Waals surface area (Å²) in [6, 6.07) is 1.71. The molecule has 0 bridgehead atoms. The summed E-state index contributed by atoms with van der Waals surface area (Å²) >= 11 is 3.26. The smallest absolute Gasteiger partial charge is 0.303 e. The highest BCUT2D eigenvalue weighted by molar-refractivity contribution is 9.10. The molecule has 0 fully saturated rings. The number of anilines is 1. The van der Waals surface area contributed by atoms with E-state index in [0.717, 1.165) is 4.47 Å². The lowest BCUT2D eigenvalue weighted by molar-refractivity contribution is -0.137. The Balaban J connectivity index is 2.03. The largest absolute Gasteiger partial charge is 0.481 e. The Hall–Kier alpha value is -1.63. The zero-order valence-electron chi connectivity index (χ0n) is 9.35. The third-order valence-corrected chi connectivity index (χ3v) is 2.91. The number of carboxylic acid groups (broad SMARTS) is 1. The van der Waals surface area contributed by atoms with Gasteiger partial charge in [-0.1, -0.05) is 0 Å². The first kappa shape index (κ1) is 12.8. The minimum Gasteiger partial charge on any atom is -0.481 e. The van der Waals surface area contributed by atoms with Crippen LogP contribution in [0.25, 0.3) is 0 Å². The van der Waals surface area contributed by atoms with Crippen molar-refractivity contribution in [3.05, 3.63) is 16.7 Å². The number of carbonyl (C=O) groups is 2. The summed E-state index contributed by atoms with van der Waals surface area (Å²) in [6.45, 7) is 0. The lowest BCUT2D eigenvalue weighted by Crippen LogP contribution is -2.37. The fourth-order valence-corrected chi connectivity index (χ4v) is 1.95. The van der Waals surface area contributed by atoms with Gasteiger partial charge in [0.2, 0.25) is 0 Å². The van der Waals surface area contributed by atoms with Crippen LogP contribution in [0.2, 0.25) is 0 Å². The molecule has 0 saturated carbocycles. The van der Waals surface area contributed by atoms with Crippen molar-refractivity contribution in [2.45, 2.75) is 25.4 Å². The molecule has 0 saturated heterocycles. The van der Waals surface area contributed by atoms with Gasteiger partial charge in [0, 0.05) is 17.1 Å². The molecule has 96 valence electrons. The van der Waals surface area contributed by atoms with Crippen LogP contribution < -0.4 is 10.1 Å². The molecule has 0 aromatic carbocycles. The van der Waals surface area contributed by atoms with E-state index in [0.29, 0.717) is 24.4 Å². The van der Waals surface area contributed by atoms with Gasteiger partial charge in [-0.05, 0) is 34.8 Å². The molecule has 0 spiro atoms. The predicted octanol–water partition coefficient (Wildman–Crippen LogP) is 1.80. The topological polar surface area (TPSA) is 88.5 Å². The van der Waals surface area contributed by atoms with E-state index >= 15 is 0 Å². The maximum atomic E-state index is 11.7. The number of carboxylic acids is 1. The average molecular weight is 315 g/mol. The third-order valence-electron chi connectivity index (χ3n) is 2.48. The summed E-state index contributed by atoms with van der Waals surface area (Å²) in [5, 5.41) is 11.2. The standard InChI is InChI=1S/C11H11BrN2O4/c12-6-4-8-10(13-5-6)14-11(17)7(18-8)2-1-3-9(15)16/h4-5,7H,1-3H2,(H,15,16)(H,13,14,17). The molecule has 7 heteroatoms. The highest BCUT2D eigenvalue weighted by Crippen LogP contribution is 2.30. The molecule has 1 aliphatic heterocycles. The first-order valence-corrected chi connectivity index (χ1v) is 6.20. The molecule has 1 aromatic rings. The molecule has 2 rings (SSSR count). The number of nitrogens with zero attached hydrogens (tertiary/aromatic N) is 1. The fourth-order valence-electron chi connectivity index (χ4n) is 1.64. The van der Waals surface area contributed by atoms with E-state index in [1.54, 1.807) is 12.3 Å². The molecule has 1 amide bonds. The minimum atomic E-state index is -0.879. The van der Waals surface area contributed by atoms with Crippen LogP contribution in [0, 0.1) is 0 Å². The number of hydrogen-bond acceptors (Lipinski definition) is 4. The van der Waals surface area contributed by atoms with Crippen molar-refractivity contribution in [1.29, 1.82) is 0 Å². The van der Waals surface area contributed by atoms with Gasteiger partial charge in [0.15, 0.2) is 17.7 Å². The molecule has 6 nitrogen and oxygen atoms in total. The molecule has 1 unspecified atom stereocenters. The second kappa shape index (κ2) is 5.34. The van der Waals surface area contributed by atoms with Crippen LogP contribution in [-0.2, 0) is 9.59 Å². The number of pyridine rings is 1. The molecule has 2 heterocycles. The van der Waals surface area contributed by atoms with Crippen molar-refractivity contribution in [3.63, 3.8) is 0 Å². The third kappa shape index (κ3) is 2.98. The molecule has 18 heavy (non-hydrogen) atoms. The minimum absolute atomic E-state index is 0.0245. The molecular formula is C11H11BrN2O4. The molecule has 1 atom stereocenters. The first-order valence-electron chi connectivity index (χ1n) is 5.41. The van der Waals surface area contributed by atoms with Crippen molar-refractivity contribution < 1.29 is 19.4 Å². The molecule has 0 radical (unpaired) electrons. The number of rotatable bonds is 4. The van der Waals surface area contributed by atoms with Crippen molar-refractivity contribution in [1.82, 2.24) is 4.98 Å². The van der Waals surface area contributed by atoms with E-state index < -0.39 is 12.1 Å². The number of fused-ring (bicyclic) bond motifs is 1. The van der Waals surface area contributed by atoms with E-state index in [1.165, 1.54) is 0 Å². The number of aromatic nitrogens is 1. The summed E-state index contributed by atoms with van der Waals surface area (Å²) in [5.41, 5.74) is 0. The maximum Gasteiger partial charge on any atom is 0.303 e. The van der Waals surface area contributed by atoms with Gasteiger partial charge in [-0.15, -0.1) is 0 Å². The lowest BCUT2D eigenvalue weighted by Gasteiger charge is -2.24. The summed E-state index contributed by atoms with van der Waals surface area (Å²) in [6.07, 6.45) is 1.69. The molecule has 2 N–H and O–H groups in total. The Labute approximate surface area is 111 Å². The molecule has 0 aliphatic carbocycles. The zero-order chi connectivity index (χ0) is 13.1. The summed E-state index contributed by atoms with van der Waals surface area (Å²) in [5.74, 6) is -0.291. The highest BCUT2D eigenvalue weighted by Gasteiger charge is 2.28. The van der Waals surface area contributed by atoms with E-state index in [9.17, 15) is 9.59 Å². The Morgan fingerprint density at radius 1 is 1.61 bits per heavy atom. The predicted molar refractivity (Wildman–Crippen MR) is 66.5 cm³/mol. The summed E-state index contributed by atoms with van der Waals surface area (Å²) in [7, 11) is 0. The van der Waals surface area contributed by atoms with E-state index in [4.69, 9.17) is 9.84 Å². The van der Waals surface area contributed by atoms with Crippen LogP contribution in [-0.4, -0.2) is 28.1 Å². The maximum absolute atomic E-state index is 11.7. The van der Waals surface area contributed by atoms with Gasteiger partial charge in [-0.2, -0.15) is 0 Å². The van der Waals surface area contributed by atoms with Crippen molar-refractivity contribution in [2.24, 2.45) is 0 Å². The zero-order valence-corrected chi connectivity index (χ0v) is 10.9. The molecule has 1 aromatic heterocycles. The monoisotopic (exact) mass is 314 g/mol. The van der Waals surface area contributed by atoms with Crippen LogP contribution in [0.4, 0.5) is 5.82 Å². The van der Waals surface area contributed by atoms with Gasteiger partial charge in [0.1, 0.15) is 0 Å². The number of halogens is 1. The number of hydrogen-bond donors (Lipinski definition) is 2. The number of aliphatic carboxylic acids is 1. The van der Waals surface area contributed by atoms with Crippen LogP contribution in [0.1, 0.15) is 19.3 Å². The summed E-state index contributed by atoms with van der Waals surface area (Å²) < 4.78 is 6.26. The Kier molecular flexibility index (Phi) is 3.81. The quantitative estimate of drug-likeness (QED) is 0.884. The van der Waals surface area contributed by atoms with Crippen LogP contribution in [0.3, 0.4) is 0 Å². The summed E-state index contributed by atoms with van der Waals surface area (Å²) in [4.78, 5) is 26.1. The number of amides is 1. The van der Waals surface area contributed by atoms with Crippen molar-refractivity contribution >= 4 is 33.6 Å². The molecular weight excluding hydrogens is 304 g/mol. The SMILES string of the molecule is O=C(O)CCCC1Oc2cc(Br)cnc2NC1=O. The second-order valence-electron chi connectivity index (χ2n) is 3.88. The van der Waals surface area contributed by atoms with Gasteiger partial charge in [0.25, 0.3) is 5.91 Å². The Morgan fingerprint density at radius 3 is 3.11 bits per heavy atom. The van der Waals surface area contributed by atoms with Gasteiger partial charge >= 0.3 is 5.97 Å². The lowest BCUT2D eigenvalue weighted by atomic mass is 10.1. The van der Waals surface area contributed by atoms with Crippen LogP contribution in [0.15, 0.2) is 16.7 Å². The van der Waals surface area contributed by atoms with Crippen LogP contribution >= 0.6 is 15.9 Å². The second-order valence-corrected chi connectivity index (χ2v) is 4.80.